The summed E-state index contributed by atoms with van der Waals surface area (Å²) in [5.74, 6) is 2.63. The third-order valence-corrected chi connectivity index (χ3v) is 4.03. The summed E-state index contributed by atoms with van der Waals surface area (Å²) < 4.78 is 0. The zero-order chi connectivity index (χ0) is 14.2. The Morgan fingerprint density at radius 2 is 2.00 bits per heavy atom. The first-order valence-corrected chi connectivity index (χ1v) is 7.19. The number of nitrogens with two attached hydrogens (primary N) is 1. The molecule has 0 amide bonds. The number of nitrogen functional groups attached to an aromatic ring is 1. The predicted molar refractivity (Wildman–Crippen MR) is 80.3 cm³/mol. The molecule has 1 aromatic rings. The van der Waals surface area contributed by atoms with E-state index in [9.17, 15) is 0 Å². The minimum Gasteiger partial charge on any atom is -0.383 e. The van der Waals surface area contributed by atoms with Crippen molar-refractivity contribution in [2.45, 2.75) is 65.8 Å². The van der Waals surface area contributed by atoms with E-state index in [-0.39, 0.29) is 0 Å². The Kier molecular flexibility index (Phi) is 3.70. The van der Waals surface area contributed by atoms with Crippen LogP contribution in [0.5, 0.6) is 0 Å². The molecule has 106 valence electrons. The smallest absolute Gasteiger partial charge is 0.135 e. The summed E-state index contributed by atoms with van der Waals surface area (Å²) in [6.07, 6.45) is 3.65. The van der Waals surface area contributed by atoms with E-state index >= 15 is 0 Å². The highest BCUT2D eigenvalue weighted by molar-refractivity contribution is 5.55. The Balaban J connectivity index is 2.20. The monoisotopic (exact) mass is 262 g/mol. The Morgan fingerprint density at radius 1 is 1.32 bits per heavy atom. The molecule has 4 heteroatoms. The van der Waals surface area contributed by atoms with Crippen LogP contribution in [0, 0.1) is 12.3 Å². The van der Waals surface area contributed by atoms with Gasteiger partial charge in [0.15, 0.2) is 0 Å². The lowest BCUT2D eigenvalue weighted by Gasteiger charge is -2.20. The van der Waals surface area contributed by atoms with E-state index < -0.39 is 0 Å². The lowest BCUT2D eigenvalue weighted by atomic mass is 9.92. The topological polar surface area (TPSA) is 63.8 Å². The second-order valence-electron chi connectivity index (χ2n) is 6.84. The molecule has 1 heterocycles. The van der Waals surface area contributed by atoms with Crippen LogP contribution in [0.1, 0.15) is 64.3 Å². The Morgan fingerprint density at radius 3 is 2.53 bits per heavy atom. The molecule has 1 saturated carbocycles. The van der Waals surface area contributed by atoms with Gasteiger partial charge in [0, 0.05) is 17.5 Å². The van der Waals surface area contributed by atoms with Crippen molar-refractivity contribution in [3.63, 3.8) is 0 Å². The van der Waals surface area contributed by atoms with Gasteiger partial charge in [-0.2, -0.15) is 0 Å². The molecule has 1 aliphatic carbocycles. The SMILES string of the molecule is Cc1c(N)nc(C(C)C)nc1NC1CCC(C)(C)C1. The second-order valence-corrected chi connectivity index (χ2v) is 6.84. The normalized spacial score (nSPS) is 21.9. The molecule has 2 rings (SSSR count). The number of aromatic nitrogens is 2. The molecule has 1 aliphatic rings. The summed E-state index contributed by atoms with van der Waals surface area (Å²) in [5.41, 5.74) is 7.40. The van der Waals surface area contributed by atoms with E-state index in [0.29, 0.717) is 23.2 Å². The fraction of sp³-hybridized carbons (Fsp3) is 0.733. The van der Waals surface area contributed by atoms with Crippen molar-refractivity contribution < 1.29 is 0 Å². The first-order chi connectivity index (χ1) is 8.78. The van der Waals surface area contributed by atoms with Gasteiger partial charge in [0.05, 0.1) is 0 Å². The van der Waals surface area contributed by atoms with Crippen molar-refractivity contribution in [2.24, 2.45) is 5.41 Å². The van der Waals surface area contributed by atoms with Gasteiger partial charge in [-0.05, 0) is 31.6 Å². The summed E-state index contributed by atoms with van der Waals surface area (Å²) in [6.45, 7) is 10.8. The maximum atomic E-state index is 6.00. The van der Waals surface area contributed by atoms with E-state index in [0.717, 1.165) is 17.2 Å². The van der Waals surface area contributed by atoms with Crippen LogP contribution < -0.4 is 11.1 Å². The molecule has 1 fully saturated rings. The Bertz CT molecular complexity index is 465. The van der Waals surface area contributed by atoms with Gasteiger partial charge in [-0.25, -0.2) is 9.97 Å². The Labute approximate surface area is 116 Å². The molecule has 4 nitrogen and oxygen atoms in total. The summed E-state index contributed by atoms with van der Waals surface area (Å²) >= 11 is 0. The molecule has 1 aromatic heterocycles. The minimum atomic E-state index is 0.295. The average Bonchev–Trinajstić information content (AvgIpc) is 2.64. The van der Waals surface area contributed by atoms with E-state index in [1.165, 1.54) is 19.3 Å². The Hall–Kier alpha value is -1.32. The third kappa shape index (κ3) is 3.17. The average molecular weight is 262 g/mol. The maximum Gasteiger partial charge on any atom is 0.135 e. The highest BCUT2D eigenvalue weighted by atomic mass is 15.1. The maximum absolute atomic E-state index is 6.00. The quantitative estimate of drug-likeness (QED) is 0.875. The fourth-order valence-corrected chi connectivity index (χ4v) is 2.70. The van der Waals surface area contributed by atoms with Crippen molar-refractivity contribution in [3.8, 4) is 0 Å². The molecule has 0 aromatic carbocycles. The number of nitrogens with one attached hydrogen (secondary N) is 1. The zero-order valence-corrected chi connectivity index (χ0v) is 12.7. The molecular formula is C15H26N4. The second kappa shape index (κ2) is 4.99. The van der Waals surface area contributed by atoms with Crippen LogP contribution >= 0.6 is 0 Å². The zero-order valence-electron chi connectivity index (χ0n) is 12.7. The van der Waals surface area contributed by atoms with Crippen molar-refractivity contribution in [1.29, 1.82) is 0 Å². The molecule has 1 unspecified atom stereocenters. The van der Waals surface area contributed by atoms with Gasteiger partial charge in [-0.3, -0.25) is 0 Å². The van der Waals surface area contributed by atoms with E-state index in [4.69, 9.17) is 5.73 Å². The first kappa shape index (κ1) is 14.1. The first-order valence-electron chi connectivity index (χ1n) is 7.19. The molecule has 0 spiro atoms. The summed E-state index contributed by atoms with van der Waals surface area (Å²) in [4.78, 5) is 9.00. The van der Waals surface area contributed by atoms with Gasteiger partial charge >= 0.3 is 0 Å². The number of rotatable bonds is 3. The van der Waals surface area contributed by atoms with E-state index in [2.05, 4.69) is 43.0 Å². The predicted octanol–water partition coefficient (Wildman–Crippen LogP) is 3.48. The molecule has 1 atom stereocenters. The standard InChI is InChI=1S/C15H26N4/c1-9(2)13-18-12(16)10(3)14(19-13)17-11-6-7-15(4,5)8-11/h9,11H,6-8H2,1-5H3,(H3,16,17,18,19). The third-order valence-electron chi connectivity index (χ3n) is 4.03. The lowest BCUT2D eigenvalue weighted by Crippen LogP contribution is -2.20. The minimum absolute atomic E-state index is 0.295. The van der Waals surface area contributed by atoms with E-state index in [1.807, 2.05) is 6.92 Å². The van der Waals surface area contributed by atoms with Crippen LogP contribution in [0.4, 0.5) is 11.6 Å². The highest BCUT2D eigenvalue weighted by Crippen LogP contribution is 2.38. The molecule has 0 bridgehead atoms. The molecule has 0 radical (unpaired) electrons. The van der Waals surface area contributed by atoms with Gasteiger partial charge in [0.2, 0.25) is 0 Å². The van der Waals surface area contributed by atoms with Crippen molar-refractivity contribution >= 4 is 11.6 Å². The van der Waals surface area contributed by atoms with Gasteiger partial charge in [0.25, 0.3) is 0 Å². The summed E-state index contributed by atoms with van der Waals surface area (Å²) in [6, 6.07) is 0.503. The van der Waals surface area contributed by atoms with Gasteiger partial charge in [-0.1, -0.05) is 27.7 Å². The van der Waals surface area contributed by atoms with Crippen LogP contribution in [0.3, 0.4) is 0 Å². The van der Waals surface area contributed by atoms with Crippen LogP contribution in [-0.4, -0.2) is 16.0 Å². The highest BCUT2D eigenvalue weighted by Gasteiger charge is 2.31. The van der Waals surface area contributed by atoms with Gasteiger partial charge < -0.3 is 11.1 Å². The molecule has 19 heavy (non-hydrogen) atoms. The van der Waals surface area contributed by atoms with Crippen LogP contribution in [0.25, 0.3) is 0 Å². The number of anilines is 2. The summed E-state index contributed by atoms with van der Waals surface area (Å²) in [5, 5.41) is 3.57. The van der Waals surface area contributed by atoms with E-state index in [1.54, 1.807) is 0 Å². The van der Waals surface area contributed by atoms with Gasteiger partial charge in [-0.15, -0.1) is 0 Å². The number of hydrogen-bond acceptors (Lipinski definition) is 4. The largest absolute Gasteiger partial charge is 0.383 e. The van der Waals surface area contributed by atoms with Crippen LogP contribution in [0.15, 0.2) is 0 Å². The number of hydrogen-bond donors (Lipinski definition) is 2. The molecule has 0 aliphatic heterocycles. The van der Waals surface area contributed by atoms with Gasteiger partial charge in [0.1, 0.15) is 17.5 Å². The molecule has 3 N–H and O–H groups in total. The van der Waals surface area contributed by atoms with Crippen LogP contribution in [-0.2, 0) is 0 Å². The fourth-order valence-electron chi connectivity index (χ4n) is 2.70. The van der Waals surface area contributed by atoms with Crippen LogP contribution in [0.2, 0.25) is 0 Å². The summed E-state index contributed by atoms with van der Waals surface area (Å²) in [7, 11) is 0. The lowest BCUT2D eigenvalue weighted by molar-refractivity contribution is 0.378. The van der Waals surface area contributed by atoms with Crippen molar-refractivity contribution in [1.82, 2.24) is 9.97 Å². The number of nitrogens with zero attached hydrogens (tertiary/aromatic N) is 2. The molecule has 0 saturated heterocycles. The van der Waals surface area contributed by atoms with Crippen molar-refractivity contribution in [3.05, 3.63) is 11.4 Å². The molecular weight excluding hydrogens is 236 g/mol. The van der Waals surface area contributed by atoms with Crippen molar-refractivity contribution in [2.75, 3.05) is 11.1 Å².